The third-order valence-electron chi connectivity index (χ3n) is 1.75. The smallest absolute Gasteiger partial charge is 0.224 e. The molecule has 0 amide bonds. The van der Waals surface area contributed by atoms with Crippen molar-refractivity contribution in [3.05, 3.63) is 5.82 Å². The SMILES string of the molecule is CCNc1nnc(CSC)n1CC. The summed E-state index contributed by atoms with van der Waals surface area (Å²) in [5.74, 6) is 2.85. The normalized spacial score (nSPS) is 10.4. The standard InChI is InChI=1S/C8H16N4S/c1-4-9-8-11-10-7(6-13-3)12(8)5-2/h4-6H2,1-3H3,(H,9,11). The van der Waals surface area contributed by atoms with Crippen LogP contribution in [0.5, 0.6) is 0 Å². The first-order valence-electron chi connectivity index (χ1n) is 4.48. The highest BCUT2D eigenvalue weighted by molar-refractivity contribution is 7.97. The molecule has 0 fully saturated rings. The van der Waals surface area contributed by atoms with Crippen LogP contribution >= 0.6 is 11.8 Å². The van der Waals surface area contributed by atoms with Gasteiger partial charge >= 0.3 is 0 Å². The predicted octanol–water partition coefficient (Wildman–Crippen LogP) is 1.59. The summed E-state index contributed by atoms with van der Waals surface area (Å²) in [6.45, 7) is 5.97. The van der Waals surface area contributed by atoms with E-state index in [0.717, 1.165) is 30.6 Å². The van der Waals surface area contributed by atoms with E-state index in [9.17, 15) is 0 Å². The van der Waals surface area contributed by atoms with Gasteiger partial charge in [0.2, 0.25) is 5.95 Å². The average molecular weight is 200 g/mol. The first-order valence-corrected chi connectivity index (χ1v) is 5.87. The maximum atomic E-state index is 4.12. The van der Waals surface area contributed by atoms with E-state index in [0.29, 0.717) is 0 Å². The largest absolute Gasteiger partial charge is 0.355 e. The third-order valence-corrected chi connectivity index (χ3v) is 2.30. The summed E-state index contributed by atoms with van der Waals surface area (Å²) in [5.41, 5.74) is 0. The Morgan fingerprint density at radius 3 is 2.69 bits per heavy atom. The average Bonchev–Trinajstić information content (AvgIpc) is 2.49. The fraction of sp³-hybridized carbons (Fsp3) is 0.750. The number of nitrogens with one attached hydrogen (secondary N) is 1. The highest BCUT2D eigenvalue weighted by Crippen LogP contribution is 2.11. The van der Waals surface area contributed by atoms with Gasteiger partial charge in [-0.25, -0.2) is 0 Å². The summed E-state index contributed by atoms with van der Waals surface area (Å²) in [5, 5.41) is 11.4. The van der Waals surface area contributed by atoms with Gasteiger partial charge in [0.05, 0.1) is 5.75 Å². The second-order valence-corrected chi connectivity index (χ2v) is 3.51. The number of rotatable bonds is 5. The number of hydrogen-bond acceptors (Lipinski definition) is 4. The lowest BCUT2D eigenvalue weighted by molar-refractivity contribution is 0.729. The summed E-state index contributed by atoms with van der Waals surface area (Å²) in [4.78, 5) is 0. The Hall–Kier alpha value is -0.710. The Labute approximate surface area is 83.1 Å². The Morgan fingerprint density at radius 1 is 1.38 bits per heavy atom. The summed E-state index contributed by atoms with van der Waals surface area (Å²) in [6.07, 6.45) is 2.07. The molecule has 1 rings (SSSR count). The van der Waals surface area contributed by atoms with Crippen LogP contribution in [0.3, 0.4) is 0 Å². The Balaban J connectivity index is 2.82. The summed E-state index contributed by atoms with van der Waals surface area (Å²) >= 11 is 1.76. The molecular formula is C8H16N4S. The van der Waals surface area contributed by atoms with Gasteiger partial charge in [0.25, 0.3) is 0 Å². The number of anilines is 1. The number of hydrogen-bond donors (Lipinski definition) is 1. The van der Waals surface area contributed by atoms with E-state index in [2.05, 4.69) is 40.2 Å². The van der Waals surface area contributed by atoms with Crippen molar-refractivity contribution >= 4 is 17.7 Å². The number of thioether (sulfide) groups is 1. The van der Waals surface area contributed by atoms with Gasteiger partial charge in [-0.1, -0.05) is 0 Å². The zero-order valence-corrected chi connectivity index (χ0v) is 9.19. The van der Waals surface area contributed by atoms with Crippen LogP contribution in [-0.2, 0) is 12.3 Å². The topological polar surface area (TPSA) is 42.7 Å². The van der Waals surface area contributed by atoms with Gasteiger partial charge in [-0.05, 0) is 20.1 Å². The van der Waals surface area contributed by atoms with Crippen molar-refractivity contribution in [2.75, 3.05) is 18.1 Å². The van der Waals surface area contributed by atoms with Crippen molar-refractivity contribution in [2.24, 2.45) is 0 Å². The molecule has 0 saturated heterocycles. The van der Waals surface area contributed by atoms with Gasteiger partial charge < -0.3 is 5.32 Å². The zero-order valence-electron chi connectivity index (χ0n) is 8.37. The van der Waals surface area contributed by atoms with E-state index in [-0.39, 0.29) is 0 Å². The van der Waals surface area contributed by atoms with Gasteiger partial charge in [-0.3, -0.25) is 4.57 Å². The Morgan fingerprint density at radius 2 is 2.15 bits per heavy atom. The van der Waals surface area contributed by atoms with Crippen molar-refractivity contribution in [2.45, 2.75) is 26.1 Å². The van der Waals surface area contributed by atoms with Crippen molar-refractivity contribution < 1.29 is 0 Å². The lowest BCUT2D eigenvalue weighted by Crippen LogP contribution is -2.07. The first-order chi connectivity index (χ1) is 6.33. The maximum absolute atomic E-state index is 4.12. The van der Waals surface area contributed by atoms with Crippen LogP contribution in [0, 0.1) is 0 Å². The van der Waals surface area contributed by atoms with Crippen molar-refractivity contribution in [3.63, 3.8) is 0 Å². The molecule has 74 valence electrons. The molecule has 13 heavy (non-hydrogen) atoms. The van der Waals surface area contributed by atoms with Crippen LogP contribution in [0.4, 0.5) is 5.95 Å². The van der Waals surface area contributed by atoms with Crippen molar-refractivity contribution in [1.82, 2.24) is 14.8 Å². The van der Waals surface area contributed by atoms with Crippen LogP contribution in [0.25, 0.3) is 0 Å². The maximum Gasteiger partial charge on any atom is 0.224 e. The zero-order chi connectivity index (χ0) is 9.68. The molecule has 1 heterocycles. The van der Waals surface area contributed by atoms with Crippen LogP contribution in [0.2, 0.25) is 0 Å². The molecule has 0 bridgehead atoms. The van der Waals surface area contributed by atoms with E-state index in [1.165, 1.54) is 0 Å². The molecule has 0 unspecified atom stereocenters. The lowest BCUT2D eigenvalue weighted by Gasteiger charge is -2.06. The van der Waals surface area contributed by atoms with Gasteiger partial charge in [-0.15, -0.1) is 10.2 Å². The quantitative estimate of drug-likeness (QED) is 0.784. The number of aromatic nitrogens is 3. The van der Waals surface area contributed by atoms with E-state index in [4.69, 9.17) is 0 Å². The molecule has 0 aromatic carbocycles. The lowest BCUT2D eigenvalue weighted by atomic mass is 10.6. The van der Waals surface area contributed by atoms with E-state index >= 15 is 0 Å². The summed E-state index contributed by atoms with van der Waals surface area (Å²) < 4.78 is 2.11. The van der Waals surface area contributed by atoms with Crippen molar-refractivity contribution in [1.29, 1.82) is 0 Å². The predicted molar refractivity (Wildman–Crippen MR) is 57.1 cm³/mol. The number of nitrogens with zero attached hydrogens (tertiary/aromatic N) is 3. The molecular weight excluding hydrogens is 184 g/mol. The van der Waals surface area contributed by atoms with Gasteiger partial charge in [-0.2, -0.15) is 11.8 Å². The van der Waals surface area contributed by atoms with E-state index in [1.807, 2.05) is 0 Å². The highest BCUT2D eigenvalue weighted by Gasteiger charge is 2.08. The van der Waals surface area contributed by atoms with Crippen LogP contribution in [0.15, 0.2) is 0 Å². The molecule has 0 saturated carbocycles. The fourth-order valence-corrected chi connectivity index (χ4v) is 1.66. The molecule has 0 aliphatic heterocycles. The van der Waals surface area contributed by atoms with E-state index in [1.54, 1.807) is 11.8 Å². The Bertz CT molecular complexity index is 235. The molecule has 5 heteroatoms. The van der Waals surface area contributed by atoms with Gasteiger partial charge in [0, 0.05) is 13.1 Å². The van der Waals surface area contributed by atoms with Crippen LogP contribution in [-0.4, -0.2) is 27.6 Å². The third kappa shape index (κ3) is 2.37. The van der Waals surface area contributed by atoms with Crippen molar-refractivity contribution in [3.8, 4) is 0 Å². The molecule has 1 aromatic rings. The van der Waals surface area contributed by atoms with Crippen LogP contribution < -0.4 is 5.32 Å². The molecule has 0 radical (unpaired) electrons. The summed E-state index contributed by atoms with van der Waals surface area (Å²) in [6, 6.07) is 0. The van der Waals surface area contributed by atoms with E-state index < -0.39 is 0 Å². The molecule has 0 aliphatic rings. The molecule has 0 aliphatic carbocycles. The summed E-state index contributed by atoms with van der Waals surface area (Å²) in [7, 11) is 0. The highest BCUT2D eigenvalue weighted by atomic mass is 32.2. The minimum atomic E-state index is 0.883. The van der Waals surface area contributed by atoms with Crippen LogP contribution in [0.1, 0.15) is 19.7 Å². The second kappa shape index (κ2) is 5.11. The van der Waals surface area contributed by atoms with Gasteiger partial charge in [0.1, 0.15) is 5.82 Å². The van der Waals surface area contributed by atoms with Gasteiger partial charge in [0.15, 0.2) is 0 Å². The Kier molecular flexibility index (Phi) is 4.08. The molecule has 0 spiro atoms. The minimum absolute atomic E-state index is 0.883. The second-order valence-electron chi connectivity index (χ2n) is 2.65. The fourth-order valence-electron chi connectivity index (χ4n) is 1.19. The first kappa shape index (κ1) is 10.4. The molecule has 4 nitrogen and oxygen atoms in total. The molecule has 1 N–H and O–H groups in total. The molecule has 1 aromatic heterocycles. The minimum Gasteiger partial charge on any atom is -0.355 e. The monoisotopic (exact) mass is 200 g/mol. The molecule has 0 atom stereocenters.